The molecule has 0 atom stereocenters. The second-order valence-corrected chi connectivity index (χ2v) is 7.77. The maximum atomic E-state index is 11.9. The molecule has 0 aromatic rings. The molecule has 0 spiro atoms. The Balaban J connectivity index is 4.03. The molecule has 0 aliphatic heterocycles. The summed E-state index contributed by atoms with van der Waals surface area (Å²) in [4.78, 5) is 21.7. The highest BCUT2D eigenvalue weighted by Crippen LogP contribution is 2.18. The third-order valence-corrected chi connectivity index (χ3v) is 5.62. The van der Waals surface area contributed by atoms with Crippen molar-refractivity contribution in [3.63, 3.8) is 0 Å². The Bertz CT molecular complexity index is 340. The van der Waals surface area contributed by atoms with Crippen LogP contribution in [0.4, 0.5) is 13.2 Å². The molecule has 0 N–H and O–H groups in total. The fourth-order valence-corrected chi connectivity index (χ4v) is 4.04. The van der Waals surface area contributed by atoms with E-state index in [1.807, 2.05) is 20.4 Å². The third kappa shape index (κ3) is 8.84. The quantitative estimate of drug-likeness (QED) is 0.267. The van der Waals surface area contributed by atoms with Gasteiger partial charge in [0.05, 0.1) is 6.61 Å². The van der Waals surface area contributed by atoms with Crippen LogP contribution < -0.4 is 0 Å². The van der Waals surface area contributed by atoms with Gasteiger partial charge >= 0.3 is 20.7 Å². The van der Waals surface area contributed by atoms with Crippen molar-refractivity contribution in [3.05, 3.63) is 0 Å². The van der Waals surface area contributed by atoms with Gasteiger partial charge in [-0.2, -0.15) is 13.2 Å². The van der Waals surface area contributed by atoms with Crippen LogP contribution in [-0.4, -0.2) is 46.3 Å². The molecule has 0 bridgehead atoms. The van der Waals surface area contributed by atoms with Crippen molar-refractivity contribution in [2.45, 2.75) is 45.5 Å². The summed E-state index contributed by atoms with van der Waals surface area (Å²) in [6.45, 7) is 6.49. The van der Waals surface area contributed by atoms with Crippen molar-refractivity contribution in [1.82, 2.24) is 0 Å². The van der Waals surface area contributed by atoms with Crippen LogP contribution in [0.15, 0.2) is 0 Å². The maximum Gasteiger partial charge on any atom is 0.450 e. The largest absolute Gasteiger partial charge is 0.465 e. The van der Waals surface area contributed by atoms with Crippen LogP contribution >= 0.6 is 0 Å². The lowest BCUT2D eigenvalue weighted by Crippen LogP contribution is -2.39. The van der Waals surface area contributed by atoms with Crippen LogP contribution in [0.2, 0.25) is 12.6 Å². The highest BCUT2D eigenvalue weighted by molar-refractivity contribution is 6.66. The SMILES string of the molecule is CCO[Si](C)(CCCOC(=O)CC(=O)C(F)(F)F)OCC. The summed E-state index contributed by atoms with van der Waals surface area (Å²) in [7, 11) is -2.32. The molecule has 0 saturated heterocycles. The molecule has 0 aromatic carbocycles. The number of carbonyl (C=O) groups excluding carboxylic acids is 2. The van der Waals surface area contributed by atoms with E-state index in [0.717, 1.165) is 0 Å². The van der Waals surface area contributed by atoms with Crippen LogP contribution in [0.25, 0.3) is 0 Å². The number of esters is 1. The first kappa shape index (κ1) is 20.1. The minimum atomic E-state index is -5.01. The van der Waals surface area contributed by atoms with Gasteiger partial charge in [-0.15, -0.1) is 0 Å². The van der Waals surface area contributed by atoms with E-state index in [4.69, 9.17) is 8.85 Å². The van der Waals surface area contributed by atoms with E-state index in [1.165, 1.54) is 0 Å². The van der Waals surface area contributed by atoms with Gasteiger partial charge in [-0.3, -0.25) is 9.59 Å². The fraction of sp³-hybridized carbons (Fsp3) is 0.833. The van der Waals surface area contributed by atoms with Gasteiger partial charge in [-0.25, -0.2) is 0 Å². The first-order valence-corrected chi connectivity index (χ1v) is 9.20. The molecule has 21 heavy (non-hydrogen) atoms. The van der Waals surface area contributed by atoms with E-state index in [-0.39, 0.29) is 6.61 Å². The summed E-state index contributed by atoms with van der Waals surface area (Å²) in [6, 6.07) is 0.551. The van der Waals surface area contributed by atoms with Gasteiger partial charge in [0.1, 0.15) is 6.42 Å². The minimum Gasteiger partial charge on any atom is -0.465 e. The van der Waals surface area contributed by atoms with Gasteiger partial charge in [-0.05, 0) is 32.9 Å². The molecule has 5 nitrogen and oxygen atoms in total. The van der Waals surface area contributed by atoms with E-state index in [0.29, 0.717) is 25.7 Å². The number of hydrogen-bond donors (Lipinski definition) is 0. The molecule has 0 aliphatic rings. The summed E-state index contributed by atoms with van der Waals surface area (Å²) in [5.41, 5.74) is 0. The average molecular weight is 330 g/mol. The Morgan fingerprint density at radius 1 is 1.10 bits per heavy atom. The predicted molar refractivity (Wildman–Crippen MR) is 70.9 cm³/mol. The third-order valence-electron chi connectivity index (χ3n) is 2.56. The smallest absolute Gasteiger partial charge is 0.450 e. The van der Waals surface area contributed by atoms with Crippen molar-refractivity contribution in [2.24, 2.45) is 0 Å². The standard InChI is InChI=1S/C12H21F3O5Si/c1-4-19-21(3,20-5-2)8-6-7-18-11(17)9-10(16)12(13,14)15/h4-9H2,1-3H3. The maximum absolute atomic E-state index is 11.9. The Morgan fingerprint density at radius 3 is 2.05 bits per heavy atom. The van der Waals surface area contributed by atoms with Gasteiger partial charge in [0.15, 0.2) is 0 Å². The van der Waals surface area contributed by atoms with Crippen LogP contribution in [0.1, 0.15) is 26.7 Å². The number of hydrogen-bond acceptors (Lipinski definition) is 5. The number of halogens is 3. The van der Waals surface area contributed by atoms with Gasteiger partial charge in [0.2, 0.25) is 5.78 Å². The van der Waals surface area contributed by atoms with Crippen molar-refractivity contribution in [3.8, 4) is 0 Å². The first-order valence-electron chi connectivity index (χ1n) is 6.68. The van der Waals surface area contributed by atoms with E-state index < -0.39 is 32.9 Å². The molecular formula is C12H21F3O5Si. The monoisotopic (exact) mass is 330 g/mol. The Morgan fingerprint density at radius 2 is 1.62 bits per heavy atom. The first-order chi connectivity index (χ1) is 9.64. The van der Waals surface area contributed by atoms with E-state index in [1.54, 1.807) is 0 Å². The molecule has 0 rings (SSSR count). The van der Waals surface area contributed by atoms with Crippen molar-refractivity contribution in [2.75, 3.05) is 19.8 Å². The van der Waals surface area contributed by atoms with Gasteiger partial charge in [0, 0.05) is 13.2 Å². The number of carbonyl (C=O) groups is 2. The van der Waals surface area contributed by atoms with Crippen LogP contribution in [0, 0.1) is 0 Å². The molecule has 0 unspecified atom stereocenters. The lowest BCUT2D eigenvalue weighted by atomic mass is 10.3. The highest BCUT2D eigenvalue weighted by atomic mass is 28.4. The number of ketones is 1. The Hall–Kier alpha value is -0.933. The highest BCUT2D eigenvalue weighted by Gasteiger charge is 2.39. The van der Waals surface area contributed by atoms with E-state index in [2.05, 4.69) is 4.74 Å². The summed E-state index contributed by atoms with van der Waals surface area (Å²) in [5, 5.41) is 0. The summed E-state index contributed by atoms with van der Waals surface area (Å²) in [6.07, 6.45) is -5.88. The van der Waals surface area contributed by atoms with E-state index >= 15 is 0 Å². The summed E-state index contributed by atoms with van der Waals surface area (Å²) >= 11 is 0. The predicted octanol–water partition coefficient (Wildman–Crippen LogP) is 2.59. The second-order valence-electron chi connectivity index (χ2n) is 4.42. The molecular weight excluding hydrogens is 309 g/mol. The van der Waals surface area contributed by atoms with Crippen molar-refractivity contribution in [1.29, 1.82) is 0 Å². The normalized spacial score (nSPS) is 12.3. The number of rotatable bonds is 10. The number of Topliss-reactive ketones (excluding diaryl/α,β-unsaturated/α-hetero) is 1. The van der Waals surface area contributed by atoms with Gasteiger partial charge in [-0.1, -0.05) is 0 Å². The summed E-state index contributed by atoms with van der Waals surface area (Å²) in [5.74, 6) is -3.27. The number of alkyl halides is 3. The molecule has 124 valence electrons. The minimum absolute atomic E-state index is 0.0628. The lowest BCUT2D eigenvalue weighted by Gasteiger charge is -2.25. The Labute approximate surface area is 123 Å². The average Bonchev–Trinajstić information content (AvgIpc) is 2.34. The zero-order valence-corrected chi connectivity index (χ0v) is 13.4. The lowest BCUT2D eigenvalue weighted by molar-refractivity contribution is -0.174. The molecule has 0 fully saturated rings. The molecule has 0 heterocycles. The van der Waals surface area contributed by atoms with E-state index in [9.17, 15) is 22.8 Å². The summed E-state index contributed by atoms with van der Waals surface area (Å²) < 4.78 is 51.5. The molecule has 0 saturated carbocycles. The fourth-order valence-electron chi connectivity index (χ4n) is 1.66. The zero-order valence-electron chi connectivity index (χ0n) is 12.4. The molecule has 9 heteroatoms. The van der Waals surface area contributed by atoms with Crippen LogP contribution in [0.5, 0.6) is 0 Å². The van der Waals surface area contributed by atoms with Crippen LogP contribution in [-0.2, 0) is 23.2 Å². The number of ether oxygens (including phenoxy) is 1. The van der Waals surface area contributed by atoms with Crippen molar-refractivity contribution < 1.29 is 36.3 Å². The topological polar surface area (TPSA) is 61.8 Å². The van der Waals surface area contributed by atoms with Gasteiger partial charge < -0.3 is 13.6 Å². The van der Waals surface area contributed by atoms with Crippen molar-refractivity contribution >= 4 is 20.3 Å². The molecule has 0 aromatic heterocycles. The molecule has 0 radical (unpaired) electrons. The Kier molecular flexibility index (Phi) is 8.75. The van der Waals surface area contributed by atoms with Crippen LogP contribution in [0.3, 0.4) is 0 Å². The zero-order chi connectivity index (χ0) is 16.5. The molecule has 0 aliphatic carbocycles. The second kappa shape index (κ2) is 9.16. The molecule has 0 amide bonds. The van der Waals surface area contributed by atoms with Gasteiger partial charge in [0.25, 0.3) is 0 Å².